The first kappa shape index (κ1) is 40.3. The van der Waals surface area contributed by atoms with Gasteiger partial charge in [-0.1, -0.05) is 18.2 Å². The minimum absolute atomic E-state index is 0.0127. The number of para-hydroxylation sites is 1. The Balaban J connectivity index is 1.00. The molecule has 59 heavy (non-hydrogen) atoms. The van der Waals surface area contributed by atoms with E-state index in [-0.39, 0.29) is 69.0 Å². The number of nitrogens with one attached hydrogen (secondary N) is 5. The Hall–Kier alpha value is -8.34. The molecule has 0 radical (unpaired) electrons. The van der Waals surface area contributed by atoms with Gasteiger partial charge in [-0.05, 0) is 79.7 Å². The molecular formula is C42H35N7O10. The molecule has 0 spiro atoms. The number of aromatic nitrogens is 2. The maximum Gasteiger partial charge on any atom is 0.336 e. The van der Waals surface area contributed by atoms with Gasteiger partial charge < -0.3 is 46.3 Å². The molecule has 2 aromatic heterocycles. The molecule has 0 aliphatic heterocycles. The predicted octanol–water partition coefficient (Wildman–Crippen LogP) is 5.48. The molecule has 0 bridgehead atoms. The zero-order valence-corrected chi connectivity index (χ0v) is 31.6. The summed E-state index contributed by atoms with van der Waals surface area (Å²) in [6, 6.07) is 23.3. The summed E-state index contributed by atoms with van der Waals surface area (Å²) in [6.07, 6.45) is 2.72. The second-order valence-corrected chi connectivity index (χ2v) is 12.7. The maximum atomic E-state index is 13.1. The molecule has 0 fully saturated rings. The van der Waals surface area contributed by atoms with E-state index in [4.69, 9.17) is 9.47 Å². The molecule has 5 amide bonds. The molecule has 0 saturated carbocycles. The molecule has 2 heterocycles. The number of ether oxygens (including phenoxy) is 2. The number of nitrogens with zero attached hydrogens (tertiary/aromatic N) is 2. The number of rotatable bonds is 13. The molecule has 7 N–H and O–H groups in total. The van der Waals surface area contributed by atoms with Crippen molar-refractivity contribution in [2.24, 2.45) is 0 Å². The molecule has 298 valence electrons. The van der Waals surface area contributed by atoms with Gasteiger partial charge in [0.25, 0.3) is 23.6 Å². The first-order chi connectivity index (χ1) is 28.4. The topological polar surface area (TPSA) is 247 Å². The Bertz CT molecular complexity index is 2630. The van der Waals surface area contributed by atoms with Crippen LogP contribution in [0.3, 0.4) is 0 Å². The van der Waals surface area contributed by atoms with Crippen LogP contribution in [0.5, 0.6) is 17.2 Å². The Morgan fingerprint density at radius 1 is 0.627 bits per heavy atom. The maximum absolute atomic E-state index is 13.1. The zero-order chi connectivity index (χ0) is 42.2. The molecule has 6 rings (SSSR count). The number of carboxylic acid groups (broad SMARTS) is 1. The van der Waals surface area contributed by atoms with Crippen molar-refractivity contribution in [3.63, 3.8) is 0 Å². The second kappa shape index (κ2) is 17.6. The summed E-state index contributed by atoms with van der Waals surface area (Å²) in [6.45, 7) is 1.15. The standard InChI is InChI=1S/C42H35N7O10/c1-22-28(42(56)57)13-16-31(36(22)58-2)48-40(54)29-14-17-32(37(59-3)35(29)51)49-41(55)33-15-12-27(20-44-33)46-34(50)21-45-38(52)23-8-10-26(11-9-23)47-39(53)25-18-24-6-4-5-7-30(24)43-19-25/h4-20,51H,21H2,1-3H3,(H,45,52)(H,46,50)(H,47,53)(H,48,54)(H,49,55)(H,56,57). The lowest BCUT2D eigenvalue weighted by atomic mass is 10.1. The van der Waals surface area contributed by atoms with Crippen LogP contribution in [0.4, 0.5) is 22.7 Å². The van der Waals surface area contributed by atoms with Crippen molar-refractivity contribution in [3.05, 3.63) is 137 Å². The van der Waals surface area contributed by atoms with Crippen molar-refractivity contribution in [2.75, 3.05) is 42.0 Å². The number of aromatic carboxylic acids is 1. The lowest BCUT2D eigenvalue weighted by Gasteiger charge is -2.16. The molecule has 0 unspecified atom stereocenters. The first-order valence-corrected chi connectivity index (χ1v) is 17.6. The fraction of sp³-hybridized carbons (Fsp3) is 0.0952. The average Bonchev–Trinajstić information content (AvgIpc) is 3.23. The molecule has 17 nitrogen and oxygen atoms in total. The molecule has 4 aromatic carbocycles. The van der Waals surface area contributed by atoms with Gasteiger partial charge in [0.2, 0.25) is 5.91 Å². The number of phenolic OH excluding ortho intramolecular Hbond substituents is 1. The van der Waals surface area contributed by atoms with E-state index >= 15 is 0 Å². The smallest absolute Gasteiger partial charge is 0.336 e. The van der Waals surface area contributed by atoms with Gasteiger partial charge in [0.05, 0.1) is 66.2 Å². The van der Waals surface area contributed by atoms with Gasteiger partial charge in [0, 0.05) is 28.4 Å². The summed E-state index contributed by atoms with van der Waals surface area (Å²) >= 11 is 0. The number of aromatic hydroxyl groups is 1. The van der Waals surface area contributed by atoms with Crippen LogP contribution in [0.25, 0.3) is 10.9 Å². The van der Waals surface area contributed by atoms with E-state index in [1.807, 2.05) is 24.3 Å². The number of methoxy groups -OCH3 is 2. The third-order valence-electron chi connectivity index (χ3n) is 8.86. The van der Waals surface area contributed by atoms with Crippen LogP contribution in [-0.2, 0) is 4.79 Å². The fourth-order valence-electron chi connectivity index (χ4n) is 5.89. The number of phenols is 1. The highest BCUT2D eigenvalue weighted by Gasteiger charge is 2.23. The number of carboxylic acids is 1. The lowest BCUT2D eigenvalue weighted by molar-refractivity contribution is -0.115. The summed E-state index contributed by atoms with van der Waals surface area (Å²) in [5, 5.41) is 34.1. The Kier molecular flexibility index (Phi) is 12.1. The average molecular weight is 798 g/mol. The number of benzene rings is 4. The highest BCUT2D eigenvalue weighted by molar-refractivity contribution is 6.10. The fourth-order valence-corrected chi connectivity index (χ4v) is 5.89. The Labute approximate surface area is 335 Å². The molecule has 17 heteroatoms. The van der Waals surface area contributed by atoms with E-state index in [1.54, 1.807) is 18.2 Å². The summed E-state index contributed by atoms with van der Waals surface area (Å²) in [7, 11) is 2.55. The minimum atomic E-state index is -1.17. The minimum Gasteiger partial charge on any atom is -0.504 e. The Morgan fingerprint density at radius 2 is 1.29 bits per heavy atom. The van der Waals surface area contributed by atoms with Gasteiger partial charge in [0.15, 0.2) is 11.5 Å². The van der Waals surface area contributed by atoms with Crippen LogP contribution in [0.1, 0.15) is 57.5 Å². The van der Waals surface area contributed by atoms with Crippen molar-refractivity contribution in [2.45, 2.75) is 6.92 Å². The zero-order valence-electron chi connectivity index (χ0n) is 31.6. The van der Waals surface area contributed by atoms with Gasteiger partial charge in [-0.15, -0.1) is 0 Å². The van der Waals surface area contributed by atoms with Crippen molar-refractivity contribution in [1.82, 2.24) is 15.3 Å². The molecular weight excluding hydrogens is 763 g/mol. The number of pyridine rings is 2. The molecule has 6 aromatic rings. The summed E-state index contributed by atoms with van der Waals surface area (Å²) in [5.41, 5.74) is 2.25. The summed E-state index contributed by atoms with van der Waals surface area (Å²) in [4.78, 5) is 84.1. The third-order valence-corrected chi connectivity index (χ3v) is 8.86. The van der Waals surface area contributed by atoms with Crippen molar-refractivity contribution in [3.8, 4) is 17.2 Å². The number of fused-ring (bicyclic) bond motifs is 1. The van der Waals surface area contributed by atoms with Gasteiger partial charge in [-0.25, -0.2) is 9.78 Å². The predicted molar refractivity (Wildman–Crippen MR) is 217 cm³/mol. The van der Waals surface area contributed by atoms with Crippen molar-refractivity contribution in [1.29, 1.82) is 0 Å². The first-order valence-electron chi connectivity index (χ1n) is 17.6. The number of carbonyl (C=O) groups excluding carboxylic acids is 5. The number of amides is 5. The third kappa shape index (κ3) is 9.21. The van der Waals surface area contributed by atoms with E-state index in [2.05, 4.69) is 36.6 Å². The molecule has 0 aliphatic carbocycles. The van der Waals surface area contributed by atoms with Crippen LogP contribution in [0.2, 0.25) is 0 Å². The quantitative estimate of drug-likeness (QED) is 0.0767. The van der Waals surface area contributed by atoms with Crippen molar-refractivity contribution < 1.29 is 48.5 Å². The van der Waals surface area contributed by atoms with Gasteiger partial charge >= 0.3 is 5.97 Å². The van der Waals surface area contributed by atoms with Crippen LogP contribution in [0, 0.1) is 6.92 Å². The molecule has 0 aliphatic rings. The number of carbonyl (C=O) groups is 6. The van der Waals surface area contributed by atoms with Crippen LogP contribution in [-0.4, -0.2) is 76.5 Å². The van der Waals surface area contributed by atoms with Crippen LogP contribution < -0.4 is 36.1 Å². The Morgan fingerprint density at radius 3 is 1.97 bits per heavy atom. The lowest BCUT2D eigenvalue weighted by Crippen LogP contribution is -2.32. The highest BCUT2D eigenvalue weighted by atomic mass is 16.5. The molecule has 0 saturated heterocycles. The van der Waals surface area contributed by atoms with Crippen LogP contribution in [0.15, 0.2) is 103 Å². The monoisotopic (exact) mass is 797 g/mol. The van der Waals surface area contributed by atoms with Gasteiger partial charge in [-0.2, -0.15) is 0 Å². The second-order valence-electron chi connectivity index (χ2n) is 12.7. The largest absolute Gasteiger partial charge is 0.504 e. The summed E-state index contributed by atoms with van der Waals surface area (Å²) < 4.78 is 10.6. The van der Waals surface area contributed by atoms with Crippen LogP contribution >= 0.6 is 0 Å². The number of hydrogen-bond acceptors (Lipinski definition) is 11. The van der Waals surface area contributed by atoms with Gasteiger partial charge in [-0.3, -0.25) is 29.0 Å². The SMILES string of the molecule is COc1c(NC(=O)c2ccc(NC(=O)c3ccc(NC(=O)CNC(=O)c4ccc(NC(=O)c5cnc6ccccc6c5)cc4)cn3)c(OC)c2O)ccc(C(=O)O)c1C. The summed E-state index contributed by atoms with van der Waals surface area (Å²) in [5.74, 6) is -4.80. The van der Waals surface area contributed by atoms with Crippen molar-refractivity contribution >= 4 is 69.2 Å². The number of anilines is 4. The van der Waals surface area contributed by atoms with E-state index < -0.39 is 35.3 Å². The molecule has 0 atom stereocenters. The highest BCUT2D eigenvalue weighted by Crippen LogP contribution is 2.39. The number of hydrogen-bond donors (Lipinski definition) is 7. The van der Waals surface area contributed by atoms with Gasteiger partial charge in [0.1, 0.15) is 11.4 Å². The normalized spacial score (nSPS) is 10.6. The van der Waals surface area contributed by atoms with E-state index in [1.165, 1.54) is 82.1 Å². The van der Waals surface area contributed by atoms with E-state index in [0.29, 0.717) is 11.3 Å². The van der Waals surface area contributed by atoms with E-state index in [9.17, 15) is 39.0 Å². The van der Waals surface area contributed by atoms with E-state index in [0.717, 1.165) is 10.9 Å².